The number of amides is 2. The summed E-state index contributed by atoms with van der Waals surface area (Å²) in [6.07, 6.45) is 7.78. The topological polar surface area (TPSA) is 99.7 Å². The van der Waals surface area contributed by atoms with E-state index in [9.17, 15) is 18.0 Å². The summed E-state index contributed by atoms with van der Waals surface area (Å²) in [7, 11) is -3.79. The lowest BCUT2D eigenvalue weighted by Gasteiger charge is -2.39. The van der Waals surface area contributed by atoms with Crippen LogP contribution >= 0.6 is 27.3 Å². The highest BCUT2D eigenvalue weighted by Crippen LogP contribution is 2.30. The molecule has 1 unspecified atom stereocenters. The van der Waals surface area contributed by atoms with Gasteiger partial charge in [-0.3, -0.25) is 9.59 Å². The zero-order chi connectivity index (χ0) is 23.4. The Labute approximate surface area is 206 Å². The molecule has 1 aliphatic heterocycles. The standard InChI is InChI=1S/C22H27BrN4O4S2/c23-17-6-8-18(9-7-17)33(30,31)26-11-12-27(20(28)15-26)19(14-16-4-2-1-3-5-16)21(29)25-22-24-10-13-32-22/h6-10,13,16,19H,1-5,11-12,14-15H2,(H,24,25,29). The maximum atomic E-state index is 13.2. The first-order valence-electron chi connectivity index (χ1n) is 11.1. The molecular formula is C22H27BrN4O4S2. The van der Waals surface area contributed by atoms with Crippen molar-refractivity contribution >= 4 is 54.2 Å². The van der Waals surface area contributed by atoms with E-state index in [2.05, 4.69) is 26.2 Å². The van der Waals surface area contributed by atoms with Gasteiger partial charge in [0.25, 0.3) is 0 Å². The second-order valence-corrected chi connectivity index (χ2v) is 12.2. The number of carbonyl (C=O) groups is 2. The maximum Gasteiger partial charge on any atom is 0.248 e. The van der Waals surface area contributed by atoms with E-state index in [-0.39, 0.29) is 36.3 Å². The quantitative estimate of drug-likeness (QED) is 0.562. The molecule has 1 atom stereocenters. The monoisotopic (exact) mass is 554 g/mol. The zero-order valence-corrected chi connectivity index (χ0v) is 21.4. The molecule has 1 aromatic carbocycles. The summed E-state index contributed by atoms with van der Waals surface area (Å²) in [5.74, 6) is -0.228. The molecule has 8 nitrogen and oxygen atoms in total. The minimum Gasteiger partial charge on any atom is -0.328 e. The first-order valence-corrected chi connectivity index (χ1v) is 14.2. The number of carbonyl (C=O) groups excluding carboxylic acids is 2. The third kappa shape index (κ3) is 5.82. The summed E-state index contributed by atoms with van der Waals surface area (Å²) in [6, 6.07) is 5.72. The van der Waals surface area contributed by atoms with Gasteiger partial charge in [0, 0.05) is 29.1 Å². The molecule has 0 spiro atoms. The smallest absolute Gasteiger partial charge is 0.248 e. The van der Waals surface area contributed by atoms with Crippen molar-refractivity contribution < 1.29 is 18.0 Å². The van der Waals surface area contributed by atoms with Gasteiger partial charge in [0.05, 0.1) is 11.4 Å². The SMILES string of the molecule is O=C(Nc1nccs1)C(CC1CCCCC1)N1CCN(S(=O)(=O)c2ccc(Br)cc2)CC1=O. The van der Waals surface area contributed by atoms with Crippen LogP contribution < -0.4 is 5.32 Å². The molecule has 1 N–H and O–H groups in total. The average molecular weight is 556 g/mol. The number of anilines is 1. The molecule has 1 aliphatic carbocycles. The van der Waals surface area contributed by atoms with E-state index in [0.29, 0.717) is 17.5 Å². The molecule has 178 valence electrons. The minimum atomic E-state index is -3.79. The first-order chi connectivity index (χ1) is 15.8. The lowest BCUT2D eigenvalue weighted by molar-refractivity contribution is -0.142. The van der Waals surface area contributed by atoms with Gasteiger partial charge in [-0.25, -0.2) is 13.4 Å². The predicted molar refractivity (Wildman–Crippen MR) is 130 cm³/mol. The number of halogens is 1. The van der Waals surface area contributed by atoms with Crippen LogP contribution in [0.15, 0.2) is 45.2 Å². The van der Waals surface area contributed by atoms with Crippen molar-refractivity contribution in [2.75, 3.05) is 25.0 Å². The van der Waals surface area contributed by atoms with E-state index in [1.54, 1.807) is 28.6 Å². The van der Waals surface area contributed by atoms with Crippen molar-refractivity contribution in [3.8, 4) is 0 Å². The van der Waals surface area contributed by atoms with Gasteiger partial charge in [0.2, 0.25) is 21.8 Å². The normalized spacial score (nSPS) is 19.4. The van der Waals surface area contributed by atoms with E-state index in [0.717, 1.165) is 30.2 Å². The Bertz CT molecular complexity index is 1070. The summed E-state index contributed by atoms with van der Waals surface area (Å²) in [6.45, 7) is 0.0528. The fourth-order valence-corrected chi connectivity index (χ4v) is 6.72. The molecule has 33 heavy (non-hydrogen) atoms. The summed E-state index contributed by atoms with van der Waals surface area (Å²) < 4.78 is 28.1. The number of nitrogens with zero attached hydrogens (tertiary/aromatic N) is 3. The number of hydrogen-bond acceptors (Lipinski definition) is 6. The molecule has 11 heteroatoms. The molecule has 2 amide bonds. The molecule has 4 rings (SSSR count). The van der Waals surface area contributed by atoms with Gasteiger partial charge >= 0.3 is 0 Å². The number of hydrogen-bond donors (Lipinski definition) is 1. The van der Waals surface area contributed by atoms with E-state index in [1.807, 2.05) is 0 Å². The van der Waals surface area contributed by atoms with Gasteiger partial charge in [-0.15, -0.1) is 11.3 Å². The Hall–Kier alpha value is -1.82. The summed E-state index contributed by atoms with van der Waals surface area (Å²) in [5, 5.41) is 5.12. The third-order valence-corrected chi connectivity index (χ3v) is 9.37. The van der Waals surface area contributed by atoms with Gasteiger partial charge in [-0.1, -0.05) is 48.0 Å². The number of piperazine rings is 1. The van der Waals surface area contributed by atoms with Crippen LogP contribution in [0.4, 0.5) is 5.13 Å². The van der Waals surface area contributed by atoms with Crippen molar-refractivity contribution in [1.82, 2.24) is 14.2 Å². The molecule has 1 saturated carbocycles. The molecule has 0 radical (unpaired) electrons. The Morgan fingerprint density at radius 3 is 2.55 bits per heavy atom. The minimum absolute atomic E-state index is 0.146. The zero-order valence-electron chi connectivity index (χ0n) is 18.2. The van der Waals surface area contributed by atoms with Crippen LogP contribution in [0.2, 0.25) is 0 Å². The van der Waals surface area contributed by atoms with Crippen LogP contribution in [0, 0.1) is 5.92 Å². The van der Waals surface area contributed by atoms with E-state index < -0.39 is 16.1 Å². The maximum absolute atomic E-state index is 13.2. The van der Waals surface area contributed by atoms with Gasteiger partial charge in [-0.2, -0.15) is 4.31 Å². The predicted octanol–water partition coefficient (Wildman–Crippen LogP) is 3.72. The molecule has 1 aromatic heterocycles. The molecule has 2 aliphatic rings. The van der Waals surface area contributed by atoms with Crippen molar-refractivity contribution in [2.45, 2.75) is 49.5 Å². The second kappa shape index (κ2) is 10.6. The number of rotatable bonds is 7. The van der Waals surface area contributed by atoms with Gasteiger partial charge < -0.3 is 10.2 Å². The number of benzene rings is 1. The number of aromatic nitrogens is 1. The van der Waals surface area contributed by atoms with Crippen molar-refractivity contribution in [3.63, 3.8) is 0 Å². The number of thiazole rings is 1. The van der Waals surface area contributed by atoms with Crippen molar-refractivity contribution in [2.24, 2.45) is 5.92 Å². The summed E-state index contributed by atoms with van der Waals surface area (Å²) in [4.78, 5) is 32.2. The molecular weight excluding hydrogens is 528 g/mol. The Kier molecular flexibility index (Phi) is 7.83. The molecule has 2 fully saturated rings. The van der Waals surface area contributed by atoms with Crippen molar-refractivity contribution in [3.05, 3.63) is 40.3 Å². The highest BCUT2D eigenvalue weighted by atomic mass is 79.9. The molecule has 2 heterocycles. The van der Waals surface area contributed by atoms with E-state index >= 15 is 0 Å². The lowest BCUT2D eigenvalue weighted by Crippen LogP contribution is -2.58. The Morgan fingerprint density at radius 1 is 1.18 bits per heavy atom. The summed E-state index contributed by atoms with van der Waals surface area (Å²) >= 11 is 4.63. The van der Waals surface area contributed by atoms with Crippen LogP contribution in [-0.2, 0) is 19.6 Å². The largest absolute Gasteiger partial charge is 0.328 e. The number of sulfonamides is 1. The van der Waals surface area contributed by atoms with Gasteiger partial charge in [0.15, 0.2) is 5.13 Å². The molecule has 0 bridgehead atoms. The lowest BCUT2D eigenvalue weighted by atomic mass is 9.84. The summed E-state index contributed by atoms with van der Waals surface area (Å²) in [5.41, 5.74) is 0. The van der Waals surface area contributed by atoms with Crippen LogP contribution in [0.5, 0.6) is 0 Å². The Morgan fingerprint density at radius 2 is 1.91 bits per heavy atom. The molecule has 2 aromatic rings. The fourth-order valence-electron chi connectivity index (χ4n) is 4.54. The average Bonchev–Trinajstić information content (AvgIpc) is 3.31. The van der Waals surface area contributed by atoms with Gasteiger partial charge in [-0.05, 0) is 36.6 Å². The third-order valence-electron chi connectivity index (χ3n) is 6.30. The van der Waals surface area contributed by atoms with Crippen molar-refractivity contribution in [1.29, 1.82) is 0 Å². The van der Waals surface area contributed by atoms with E-state index in [1.165, 1.54) is 34.2 Å². The fraction of sp³-hybridized carbons (Fsp3) is 0.500. The van der Waals surface area contributed by atoms with E-state index in [4.69, 9.17) is 0 Å². The van der Waals surface area contributed by atoms with Crippen LogP contribution in [0.3, 0.4) is 0 Å². The van der Waals surface area contributed by atoms with Gasteiger partial charge in [0.1, 0.15) is 6.04 Å². The van der Waals surface area contributed by atoms with Crippen LogP contribution in [0.25, 0.3) is 0 Å². The van der Waals surface area contributed by atoms with Crippen LogP contribution in [-0.4, -0.2) is 60.1 Å². The highest BCUT2D eigenvalue weighted by molar-refractivity contribution is 9.10. The number of nitrogens with one attached hydrogen (secondary N) is 1. The Balaban J connectivity index is 1.49. The first kappa shape index (κ1) is 24.3. The van der Waals surface area contributed by atoms with Crippen LogP contribution in [0.1, 0.15) is 38.5 Å². The molecule has 1 saturated heterocycles. The second-order valence-electron chi connectivity index (χ2n) is 8.46. The highest BCUT2D eigenvalue weighted by Gasteiger charge is 2.39.